The van der Waals surface area contributed by atoms with Crippen molar-refractivity contribution >= 4 is 15.9 Å². The SMILES string of the molecule is COC(CN)CC(=O)N1CCCC(NS(C)(=O)=O)C1. The van der Waals surface area contributed by atoms with Gasteiger partial charge in [-0.3, -0.25) is 4.79 Å². The average Bonchev–Trinajstić information content (AvgIpc) is 2.34. The molecule has 1 fully saturated rings. The maximum Gasteiger partial charge on any atom is 0.225 e. The number of nitrogens with one attached hydrogen (secondary N) is 1. The molecule has 2 atom stereocenters. The number of likely N-dealkylation sites (tertiary alicyclic amines) is 1. The highest BCUT2D eigenvalue weighted by molar-refractivity contribution is 7.88. The van der Waals surface area contributed by atoms with Gasteiger partial charge >= 0.3 is 0 Å². The summed E-state index contributed by atoms with van der Waals surface area (Å²) in [7, 11) is -1.72. The third kappa shape index (κ3) is 5.85. The highest BCUT2D eigenvalue weighted by Crippen LogP contribution is 2.13. The lowest BCUT2D eigenvalue weighted by Gasteiger charge is -2.33. The number of carbonyl (C=O) groups is 1. The van der Waals surface area contributed by atoms with Crippen LogP contribution in [-0.2, 0) is 19.6 Å². The number of nitrogens with zero attached hydrogens (tertiary/aromatic N) is 1. The van der Waals surface area contributed by atoms with E-state index >= 15 is 0 Å². The van der Waals surface area contributed by atoms with Crippen LogP contribution in [0.1, 0.15) is 19.3 Å². The lowest BCUT2D eigenvalue weighted by atomic mass is 10.1. The molecule has 1 rings (SSSR count). The molecule has 2 unspecified atom stereocenters. The first-order chi connectivity index (χ1) is 8.85. The molecule has 112 valence electrons. The number of ether oxygens (including phenoxy) is 1. The van der Waals surface area contributed by atoms with Gasteiger partial charge < -0.3 is 15.4 Å². The summed E-state index contributed by atoms with van der Waals surface area (Å²) in [6.07, 6.45) is 2.62. The highest BCUT2D eigenvalue weighted by atomic mass is 32.2. The molecule has 1 amide bonds. The summed E-state index contributed by atoms with van der Waals surface area (Å²) < 4.78 is 30.0. The van der Waals surface area contributed by atoms with Crippen LogP contribution in [0.25, 0.3) is 0 Å². The Kier molecular flexibility index (Phi) is 6.18. The molecule has 0 aromatic rings. The Morgan fingerprint density at radius 3 is 2.79 bits per heavy atom. The number of hydrogen-bond acceptors (Lipinski definition) is 5. The van der Waals surface area contributed by atoms with Crippen LogP contribution in [0.15, 0.2) is 0 Å². The molecule has 1 aliphatic rings. The molecule has 0 aliphatic carbocycles. The van der Waals surface area contributed by atoms with Crippen molar-refractivity contribution in [2.45, 2.75) is 31.4 Å². The van der Waals surface area contributed by atoms with Gasteiger partial charge in [0, 0.05) is 32.8 Å². The Hall–Kier alpha value is -0.700. The second-order valence-electron chi connectivity index (χ2n) is 4.87. The number of amides is 1. The topological polar surface area (TPSA) is 102 Å². The summed E-state index contributed by atoms with van der Waals surface area (Å²) >= 11 is 0. The Labute approximate surface area is 114 Å². The molecule has 0 aromatic heterocycles. The van der Waals surface area contributed by atoms with Crippen LogP contribution in [0.5, 0.6) is 0 Å². The summed E-state index contributed by atoms with van der Waals surface area (Å²) in [6, 6.07) is -0.202. The van der Waals surface area contributed by atoms with E-state index in [1.807, 2.05) is 0 Å². The number of nitrogens with two attached hydrogens (primary N) is 1. The molecule has 0 saturated carbocycles. The molecule has 0 bridgehead atoms. The van der Waals surface area contributed by atoms with Crippen molar-refractivity contribution < 1.29 is 17.9 Å². The van der Waals surface area contributed by atoms with Gasteiger partial charge in [0.05, 0.1) is 18.8 Å². The van der Waals surface area contributed by atoms with Crippen molar-refractivity contribution in [3.05, 3.63) is 0 Å². The van der Waals surface area contributed by atoms with E-state index in [0.29, 0.717) is 19.6 Å². The molecule has 0 radical (unpaired) electrons. The van der Waals surface area contributed by atoms with Crippen molar-refractivity contribution in [1.82, 2.24) is 9.62 Å². The van der Waals surface area contributed by atoms with Crippen molar-refractivity contribution in [2.75, 3.05) is 33.0 Å². The molecule has 0 aromatic carbocycles. The Bertz CT molecular complexity index is 395. The first-order valence-corrected chi connectivity index (χ1v) is 8.22. The maximum atomic E-state index is 12.1. The van der Waals surface area contributed by atoms with Gasteiger partial charge in [-0.15, -0.1) is 0 Å². The van der Waals surface area contributed by atoms with Crippen molar-refractivity contribution in [1.29, 1.82) is 0 Å². The van der Waals surface area contributed by atoms with Crippen LogP contribution in [0.3, 0.4) is 0 Å². The molecule has 8 heteroatoms. The fourth-order valence-electron chi connectivity index (χ4n) is 2.19. The minimum atomic E-state index is -3.24. The van der Waals surface area contributed by atoms with Crippen molar-refractivity contribution in [3.8, 4) is 0 Å². The quantitative estimate of drug-likeness (QED) is 0.646. The van der Waals surface area contributed by atoms with Crippen LogP contribution in [0.4, 0.5) is 0 Å². The minimum absolute atomic E-state index is 0.0442. The van der Waals surface area contributed by atoms with Crippen molar-refractivity contribution in [3.63, 3.8) is 0 Å². The molecule has 3 N–H and O–H groups in total. The van der Waals surface area contributed by atoms with Crippen LogP contribution in [-0.4, -0.2) is 64.4 Å². The lowest BCUT2D eigenvalue weighted by Crippen LogP contribution is -2.50. The molecule has 1 aliphatic heterocycles. The van der Waals surface area contributed by atoms with E-state index in [4.69, 9.17) is 10.5 Å². The second-order valence-corrected chi connectivity index (χ2v) is 6.65. The zero-order chi connectivity index (χ0) is 14.5. The number of rotatable bonds is 6. The summed E-state index contributed by atoms with van der Waals surface area (Å²) in [6.45, 7) is 1.36. The zero-order valence-electron chi connectivity index (χ0n) is 11.5. The number of carbonyl (C=O) groups excluding carboxylic acids is 1. The lowest BCUT2D eigenvalue weighted by molar-refractivity contribution is -0.134. The molecule has 0 spiro atoms. The molecular formula is C11H23N3O4S. The number of hydrogen-bond donors (Lipinski definition) is 2. The van der Waals surface area contributed by atoms with Gasteiger partial charge in [-0.2, -0.15) is 0 Å². The minimum Gasteiger partial charge on any atom is -0.380 e. The van der Waals surface area contributed by atoms with Gasteiger partial charge in [0.15, 0.2) is 0 Å². The monoisotopic (exact) mass is 293 g/mol. The second kappa shape index (κ2) is 7.18. The van der Waals surface area contributed by atoms with E-state index < -0.39 is 10.0 Å². The number of piperidine rings is 1. The molecule has 7 nitrogen and oxygen atoms in total. The van der Waals surface area contributed by atoms with Crippen LogP contribution in [0, 0.1) is 0 Å². The fourth-order valence-corrected chi connectivity index (χ4v) is 2.99. The predicted molar refractivity (Wildman–Crippen MR) is 72.0 cm³/mol. The first kappa shape index (κ1) is 16.4. The first-order valence-electron chi connectivity index (χ1n) is 6.33. The van der Waals surface area contributed by atoms with Gasteiger partial charge in [0.2, 0.25) is 15.9 Å². The van der Waals surface area contributed by atoms with Gasteiger partial charge in [0.1, 0.15) is 0 Å². The van der Waals surface area contributed by atoms with Gasteiger partial charge in [-0.25, -0.2) is 13.1 Å². The summed E-state index contributed by atoms with van der Waals surface area (Å²) in [5.74, 6) is -0.0442. The molecule has 1 saturated heterocycles. The average molecular weight is 293 g/mol. The van der Waals surface area contributed by atoms with Gasteiger partial charge in [0.25, 0.3) is 0 Å². The summed E-state index contributed by atoms with van der Waals surface area (Å²) in [4.78, 5) is 13.7. The standard InChI is InChI=1S/C11H23N3O4S/c1-18-10(7-12)6-11(15)14-5-3-4-9(8-14)13-19(2,16)17/h9-10,13H,3-8,12H2,1-2H3. The van der Waals surface area contributed by atoms with E-state index in [1.165, 1.54) is 7.11 Å². The predicted octanol–water partition coefficient (Wildman–Crippen LogP) is -1.11. The van der Waals surface area contributed by atoms with Crippen LogP contribution < -0.4 is 10.5 Å². The van der Waals surface area contributed by atoms with Gasteiger partial charge in [-0.05, 0) is 12.8 Å². The Morgan fingerprint density at radius 1 is 1.58 bits per heavy atom. The van der Waals surface area contributed by atoms with Gasteiger partial charge in [-0.1, -0.05) is 0 Å². The number of methoxy groups -OCH3 is 1. The van der Waals surface area contributed by atoms with E-state index in [9.17, 15) is 13.2 Å². The summed E-state index contributed by atoms with van der Waals surface area (Å²) in [5, 5.41) is 0. The zero-order valence-corrected chi connectivity index (χ0v) is 12.3. The highest BCUT2D eigenvalue weighted by Gasteiger charge is 2.26. The van der Waals surface area contributed by atoms with Crippen molar-refractivity contribution in [2.24, 2.45) is 5.73 Å². The Morgan fingerprint density at radius 2 is 2.26 bits per heavy atom. The van der Waals surface area contributed by atoms with Crippen LogP contribution >= 0.6 is 0 Å². The van der Waals surface area contributed by atoms with E-state index in [0.717, 1.165) is 19.1 Å². The summed E-state index contributed by atoms with van der Waals surface area (Å²) in [5.41, 5.74) is 5.48. The van der Waals surface area contributed by atoms with E-state index in [2.05, 4.69) is 4.72 Å². The fraction of sp³-hybridized carbons (Fsp3) is 0.909. The van der Waals surface area contributed by atoms with Crippen LogP contribution in [0.2, 0.25) is 0 Å². The van der Waals surface area contributed by atoms with E-state index in [1.54, 1.807) is 4.90 Å². The molecule has 1 heterocycles. The third-order valence-electron chi connectivity index (χ3n) is 3.15. The molecule has 19 heavy (non-hydrogen) atoms. The Balaban J connectivity index is 2.52. The van der Waals surface area contributed by atoms with E-state index in [-0.39, 0.29) is 24.5 Å². The molecular weight excluding hydrogens is 270 g/mol. The third-order valence-corrected chi connectivity index (χ3v) is 3.91. The number of sulfonamides is 1. The normalized spacial score (nSPS) is 22.3. The smallest absolute Gasteiger partial charge is 0.225 e. The maximum absolute atomic E-state index is 12.1. The largest absolute Gasteiger partial charge is 0.380 e.